The van der Waals surface area contributed by atoms with Crippen molar-refractivity contribution in [3.8, 4) is 0 Å². The zero-order valence-electron chi connectivity index (χ0n) is 12.6. The zero-order valence-corrected chi connectivity index (χ0v) is 13.4. The number of rotatable bonds is 5. The topological polar surface area (TPSA) is 37.4 Å². The maximum atomic E-state index is 13.9. The minimum atomic E-state index is -4.32. The summed E-state index contributed by atoms with van der Waals surface area (Å²) in [6, 6.07) is 9.59. The molecule has 0 aromatic heterocycles. The van der Waals surface area contributed by atoms with Crippen LogP contribution in [0.25, 0.3) is 0 Å². The van der Waals surface area contributed by atoms with Gasteiger partial charge in [0.15, 0.2) is 17.5 Å². The van der Waals surface area contributed by atoms with Gasteiger partial charge in [0.25, 0.3) is 0 Å². The first kappa shape index (κ1) is 17.5. The summed E-state index contributed by atoms with van der Waals surface area (Å²) in [6.07, 6.45) is 0. The summed E-state index contributed by atoms with van der Waals surface area (Å²) < 4.78 is 66.7. The van der Waals surface area contributed by atoms with E-state index in [1.807, 2.05) is 0 Å². The van der Waals surface area contributed by atoms with Crippen LogP contribution in [0.4, 0.5) is 13.2 Å². The second kappa shape index (κ2) is 6.72. The number of benzene rings is 2. The lowest BCUT2D eigenvalue weighted by Gasteiger charge is -2.26. The third-order valence-electron chi connectivity index (χ3n) is 3.34. The second-order valence-electron chi connectivity index (χ2n) is 5.30. The van der Waals surface area contributed by atoms with Gasteiger partial charge in [-0.3, -0.25) is 0 Å². The van der Waals surface area contributed by atoms with Crippen molar-refractivity contribution in [2.45, 2.75) is 31.3 Å². The molecule has 7 heteroatoms. The van der Waals surface area contributed by atoms with Crippen LogP contribution in [0, 0.1) is 17.5 Å². The molecule has 0 aliphatic heterocycles. The molecule has 0 unspecified atom stereocenters. The van der Waals surface area contributed by atoms with Crippen molar-refractivity contribution in [3.05, 3.63) is 65.5 Å². The summed E-state index contributed by atoms with van der Waals surface area (Å²) in [5.41, 5.74) is 0.702. The van der Waals surface area contributed by atoms with E-state index in [1.165, 1.54) is 0 Å². The molecule has 0 radical (unpaired) electrons. The third-order valence-corrected chi connectivity index (χ3v) is 5.38. The van der Waals surface area contributed by atoms with Gasteiger partial charge in [0, 0.05) is 12.6 Å². The lowest BCUT2D eigenvalue weighted by atomic mass is 10.2. The van der Waals surface area contributed by atoms with Gasteiger partial charge >= 0.3 is 0 Å². The first-order valence-electron chi connectivity index (χ1n) is 6.94. The molecule has 2 aromatic carbocycles. The summed E-state index contributed by atoms with van der Waals surface area (Å²) in [7, 11) is -4.32. The quantitative estimate of drug-likeness (QED) is 0.776. The van der Waals surface area contributed by atoms with Crippen LogP contribution < -0.4 is 0 Å². The Kier molecular flexibility index (Phi) is 5.11. The van der Waals surface area contributed by atoms with Crippen LogP contribution in [0.5, 0.6) is 0 Å². The van der Waals surface area contributed by atoms with Gasteiger partial charge in [-0.25, -0.2) is 21.6 Å². The Hall–Kier alpha value is -1.86. The van der Waals surface area contributed by atoms with E-state index >= 15 is 0 Å². The summed E-state index contributed by atoms with van der Waals surface area (Å²) in [6.45, 7) is 3.25. The SMILES string of the molecule is CC(C)N(Cc1ccccc1)S(=O)(=O)c1ccc(F)c(F)c1F. The highest BCUT2D eigenvalue weighted by molar-refractivity contribution is 7.89. The molecule has 0 bridgehead atoms. The highest BCUT2D eigenvalue weighted by atomic mass is 32.2. The number of sulfonamides is 1. The average molecular weight is 343 g/mol. The summed E-state index contributed by atoms with van der Waals surface area (Å²) in [5, 5.41) is 0. The van der Waals surface area contributed by atoms with Crippen LogP contribution in [0.3, 0.4) is 0 Å². The Labute approximate surface area is 133 Å². The number of hydrogen-bond acceptors (Lipinski definition) is 2. The molecule has 0 aliphatic rings. The minimum Gasteiger partial charge on any atom is -0.207 e. The van der Waals surface area contributed by atoms with Crippen LogP contribution >= 0.6 is 0 Å². The lowest BCUT2D eigenvalue weighted by Crippen LogP contribution is -2.37. The standard InChI is InChI=1S/C16H16F3NO2S/c1-11(2)20(10-12-6-4-3-5-7-12)23(21,22)14-9-8-13(17)15(18)16(14)19/h3-9,11H,10H2,1-2H3. The normalized spacial score (nSPS) is 12.1. The highest BCUT2D eigenvalue weighted by Crippen LogP contribution is 2.25. The predicted octanol–water partition coefficient (Wildman–Crippen LogP) is 3.70. The van der Waals surface area contributed by atoms with Gasteiger partial charge in [0.2, 0.25) is 10.0 Å². The Balaban J connectivity index is 2.48. The van der Waals surface area contributed by atoms with Gasteiger partial charge in [0.1, 0.15) is 4.90 Å². The Morgan fingerprint density at radius 3 is 2.13 bits per heavy atom. The number of hydrogen-bond donors (Lipinski definition) is 0. The first-order chi connectivity index (χ1) is 10.7. The van der Waals surface area contributed by atoms with E-state index in [1.54, 1.807) is 44.2 Å². The molecule has 0 amide bonds. The smallest absolute Gasteiger partial charge is 0.207 e. The average Bonchev–Trinajstić information content (AvgIpc) is 2.50. The Morgan fingerprint density at radius 2 is 1.57 bits per heavy atom. The van der Waals surface area contributed by atoms with Crippen LogP contribution in [0.1, 0.15) is 19.4 Å². The molecule has 0 N–H and O–H groups in total. The van der Waals surface area contributed by atoms with Gasteiger partial charge < -0.3 is 0 Å². The van der Waals surface area contributed by atoms with E-state index in [4.69, 9.17) is 0 Å². The van der Waals surface area contributed by atoms with Gasteiger partial charge in [0.05, 0.1) is 0 Å². The third kappa shape index (κ3) is 3.56. The van der Waals surface area contributed by atoms with Crippen molar-refractivity contribution in [1.82, 2.24) is 4.31 Å². The van der Waals surface area contributed by atoms with Crippen molar-refractivity contribution in [3.63, 3.8) is 0 Å². The molecule has 0 aliphatic carbocycles. The van der Waals surface area contributed by atoms with Crippen molar-refractivity contribution < 1.29 is 21.6 Å². The molecule has 0 fully saturated rings. The second-order valence-corrected chi connectivity index (χ2v) is 7.16. The van der Waals surface area contributed by atoms with Gasteiger partial charge in [-0.1, -0.05) is 30.3 Å². The molecule has 0 saturated carbocycles. The molecule has 0 saturated heterocycles. The van der Waals surface area contributed by atoms with Crippen molar-refractivity contribution in [2.75, 3.05) is 0 Å². The summed E-state index contributed by atoms with van der Waals surface area (Å²) in [4.78, 5) is -0.874. The maximum Gasteiger partial charge on any atom is 0.246 e. The fourth-order valence-electron chi connectivity index (χ4n) is 2.14. The maximum absolute atomic E-state index is 13.9. The molecule has 0 spiro atoms. The van der Waals surface area contributed by atoms with Crippen molar-refractivity contribution in [1.29, 1.82) is 0 Å². The summed E-state index contributed by atoms with van der Waals surface area (Å²) >= 11 is 0. The van der Waals surface area contributed by atoms with Crippen LogP contribution in [-0.4, -0.2) is 18.8 Å². The number of halogens is 3. The van der Waals surface area contributed by atoms with E-state index in [2.05, 4.69) is 0 Å². The molecule has 0 heterocycles. The fourth-order valence-corrected chi connectivity index (χ4v) is 3.83. The van der Waals surface area contributed by atoms with Crippen molar-refractivity contribution >= 4 is 10.0 Å². The fraction of sp³-hybridized carbons (Fsp3) is 0.250. The van der Waals surface area contributed by atoms with Crippen LogP contribution in [0.2, 0.25) is 0 Å². The van der Waals surface area contributed by atoms with E-state index in [-0.39, 0.29) is 6.54 Å². The van der Waals surface area contributed by atoms with E-state index in [0.29, 0.717) is 11.6 Å². The van der Waals surface area contributed by atoms with E-state index in [0.717, 1.165) is 10.4 Å². The molecule has 3 nitrogen and oxygen atoms in total. The van der Waals surface area contributed by atoms with E-state index in [9.17, 15) is 21.6 Å². The Morgan fingerprint density at radius 1 is 0.957 bits per heavy atom. The first-order valence-corrected chi connectivity index (χ1v) is 8.38. The van der Waals surface area contributed by atoms with Crippen LogP contribution in [0.15, 0.2) is 47.4 Å². The molecule has 2 rings (SSSR count). The van der Waals surface area contributed by atoms with Crippen LogP contribution in [-0.2, 0) is 16.6 Å². The molecule has 0 atom stereocenters. The number of nitrogens with zero attached hydrogens (tertiary/aromatic N) is 1. The largest absolute Gasteiger partial charge is 0.246 e. The van der Waals surface area contributed by atoms with E-state index < -0.39 is 38.4 Å². The monoisotopic (exact) mass is 343 g/mol. The molecular formula is C16H16F3NO2S. The predicted molar refractivity (Wildman–Crippen MR) is 80.6 cm³/mol. The Bertz CT molecular complexity index is 792. The molecule has 124 valence electrons. The minimum absolute atomic E-state index is 0.000719. The zero-order chi connectivity index (χ0) is 17.2. The molecule has 2 aromatic rings. The summed E-state index contributed by atoms with van der Waals surface area (Å²) in [5.74, 6) is -4.93. The lowest BCUT2D eigenvalue weighted by molar-refractivity contribution is 0.344. The van der Waals surface area contributed by atoms with Gasteiger partial charge in [-0.15, -0.1) is 0 Å². The van der Waals surface area contributed by atoms with Crippen molar-refractivity contribution in [2.24, 2.45) is 0 Å². The van der Waals surface area contributed by atoms with Gasteiger partial charge in [-0.05, 0) is 31.5 Å². The molecular weight excluding hydrogens is 327 g/mol. The van der Waals surface area contributed by atoms with Gasteiger partial charge in [-0.2, -0.15) is 4.31 Å². The molecule has 23 heavy (non-hydrogen) atoms. The highest BCUT2D eigenvalue weighted by Gasteiger charge is 2.31.